The lowest BCUT2D eigenvalue weighted by Gasteiger charge is -2.46. The number of aliphatic hydroxyl groups is 1. The Balaban J connectivity index is 1.79. The SMILES string of the molecule is CC1C2C3/C(O)=C(\Cl)C(=O)[C@H](C)C(=O)O[C@@H](C)/C=C/C=C\[C@@H](C)[C@@H]3C=C[C@@H]2C[C@@]2(C)O[C@@H]12. The third kappa shape index (κ3) is 3.99. The number of carbonyl (C=O) groups is 2. The van der Waals surface area contributed by atoms with Crippen LogP contribution in [-0.4, -0.2) is 34.7 Å². The molecule has 0 radical (unpaired) electrons. The number of esters is 1. The number of Topliss-reactive ketones (excluding diaryl/α,β-unsaturated/α-hetero) is 1. The predicted molar refractivity (Wildman–Crippen MR) is 123 cm³/mol. The van der Waals surface area contributed by atoms with E-state index in [1.54, 1.807) is 13.0 Å². The van der Waals surface area contributed by atoms with Crippen molar-refractivity contribution in [1.29, 1.82) is 0 Å². The minimum absolute atomic E-state index is 0.0318. The number of allylic oxidation sites excluding steroid dienone is 7. The molecule has 2 aliphatic carbocycles. The molecule has 0 aromatic rings. The predicted octanol–water partition coefficient (Wildman–Crippen LogP) is 5.13. The molecule has 10 atom stereocenters. The molecule has 174 valence electrons. The summed E-state index contributed by atoms with van der Waals surface area (Å²) in [5.74, 6) is -2.21. The van der Waals surface area contributed by atoms with Gasteiger partial charge in [0, 0.05) is 5.92 Å². The fourth-order valence-corrected chi connectivity index (χ4v) is 6.36. The van der Waals surface area contributed by atoms with Gasteiger partial charge in [-0.1, -0.05) is 55.8 Å². The molecular weight excluding hydrogens is 428 g/mol. The van der Waals surface area contributed by atoms with Crippen molar-refractivity contribution in [3.63, 3.8) is 0 Å². The molecule has 6 heteroatoms. The van der Waals surface area contributed by atoms with Crippen LogP contribution in [0.4, 0.5) is 0 Å². The van der Waals surface area contributed by atoms with Gasteiger partial charge in [0.25, 0.3) is 0 Å². The van der Waals surface area contributed by atoms with Crippen LogP contribution in [0.3, 0.4) is 0 Å². The Labute approximate surface area is 195 Å². The summed E-state index contributed by atoms with van der Waals surface area (Å²) in [4.78, 5) is 25.5. The third-order valence-electron chi connectivity index (χ3n) is 7.89. The van der Waals surface area contributed by atoms with Gasteiger partial charge in [0.2, 0.25) is 0 Å². The Bertz CT molecular complexity index is 917. The molecule has 1 saturated carbocycles. The van der Waals surface area contributed by atoms with Crippen LogP contribution in [-0.2, 0) is 19.1 Å². The van der Waals surface area contributed by atoms with E-state index in [1.807, 2.05) is 12.2 Å². The third-order valence-corrected chi connectivity index (χ3v) is 8.27. The number of cyclic esters (lactones) is 1. The summed E-state index contributed by atoms with van der Waals surface area (Å²) in [6.45, 7) is 9.64. The standard InChI is InChI=1S/C26H33ClO5/c1-13-8-6-7-9-14(2)31-25(30)16(4)22(28)21(27)23(29)20-18(13)11-10-17-12-26(5)24(32-26)15(3)19(17)20/h6-11,13-20,24,29H,12H2,1-5H3/b8-6-,9-7+,23-21+/t13-,14+,15?,16+,17-,18+,19?,20?,24+,26-/m1/s1. The highest BCUT2D eigenvalue weighted by Crippen LogP contribution is 2.60. The summed E-state index contributed by atoms with van der Waals surface area (Å²) in [6.07, 6.45) is 12.6. The summed E-state index contributed by atoms with van der Waals surface area (Å²) in [7, 11) is 0. The molecule has 4 rings (SSSR count). The summed E-state index contributed by atoms with van der Waals surface area (Å²) in [5, 5.41) is 11.2. The van der Waals surface area contributed by atoms with Crippen molar-refractivity contribution in [3.05, 3.63) is 47.2 Å². The Kier molecular flexibility index (Phi) is 6.19. The minimum Gasteiger partial charge on any atom is -0.510 e. The van der Waals surface area contributed by atoms with Crippen LogP contribution < -0.4 is 0 Å². The number of epoxide rings is 1. The molecule has 3 unspecified atom stereocenters. The number of aliphatic hydroxyl groups excluding tert-OH is 1. The summed E-state index contributed by atoms with van der Waals surface area (Å²) in [5.41, 5.74) is -0.108. The first-order valence-electron chi connectivity index (χ1n) is 11.6. The zero-order valence-corrected chi connectivity index (χ0v) is 20.1. The molecule has 2 aliphatic heterocycles. The van der Waals surface area contributed by atoms with E-state index in [0.717, 1.165) is 6.42 Å². The van der Waals surface area contributed by atoms with Gasteiger partial charge in [-0.05, 0) is 62.9 Å². The van der Waals surface area contributed by atoms with Crippen molar-refractivity contribution in [1.82, 2.24) is 0 Å². The van der Waals surface area contributed by atoms with Crippen molar-refractivity contribution in [2.75, 3.05) is 0 Å². The number of hydrogen-bond donors (Lipinski definition) is 1. The lowest BCUT2D eigenvalue weighted by molar-refractivity contribution is -0.152. The average Bonchev–Trinajstić information content (AvgIpc) is 3.44. The Morgan fingerprint density at radius 2 is 1.75 bits per heavy atom. The van der Waals surface area contributed by atoms with Crippen molar-refractivity contribution in [2.45, 2.75) is 58.8 Å². The van der Waals surface area contributed by atoms with Crippen molar-refractivity contribution >= 4 is 23.4 Å². The number of hydrogen-bond acceptors (Lipinski definition) is 5. The van der Waals surface area contributed by atoms with E-state index in [4.69, 9.17) is 21.1 Å². The minimum atomic E-state index is -1.09. The average molecular weight is 461 g/mol. The van der Waals surface area contributed by atoms with E-state index in [-0.39, 0.29) is 58.0 Å². The van der Waals surface area contributed by atoms with Crippen LogP contribution in [0, 0.1) is 41.4 Å². The maximum Gasteiger partial charge on any atom is 0.317 e. The molecule has 0 aromatic carbocycles. The van der Waals surface area contributed by atoms with Crippen LogP contribution in [0.5, 0.6) is 0 Å². The highest BCUT2D eigenvalue weighted by atomic mass is 35.5. The van der Waals surface area contributed by atoms with Crippen LogP contribution in [0.1, 0.15) is 41.0 Å². The molecule has 1 N–H and O–H groups in total. The molecule has 2 fully saturated rings. The molecule has 5 nitrogen and oxygen atoms in total. The first-order chi connectivity index (χ1) is 15.0. The van der Waals surface area contributed by atoms with E-state index in [1.165, 1.54) is 6.92 Å². The topological polar surface area (TPSA) is 76.1 Å². The Morgan fingerprint density at radius 1 is 1.06 bits per heavy atom. The molecule has 2 heterocycles. The second kappa shape index (κ2) is 8.49. The van der Waals surface area contributed by atoms with Gasteiger partial charge < -0.3 is 14.6 Å². The second-order valence-electron chi connectivity index (χ2n) is 10.2. The normalized spacial score (nSPS) is 50.9. The number of halogens is 1. The maximum absolute atomic E-state index is 13.0. The highest BCUT2D eigenvalue weighted by molar-refractivity contribution is 6.44. The van der Waals surface area contributed by atoms with Crippen molar-refractivity contribution in [2.24, 2.45) is 41.4 Å². The molecule has 0 amide bonds. The number of fused-ring (bicyclic) bond motifs is 4. The number of ketones is 1. The monoisotopic (exact) mass is 460 g/mol. The summed E-state index contributed by atoms with van der Waals surface area (Å²) < 4.78 is 11.4. The van der Waals surface area contributed by atoms with Crippen LogP contribution >= 0.6 is 11.6 Å². The van der Waals surface area contributed by atoms with E-state index in [9.17, 15) is 14.7 Å². The van der Waals surface area contributed by atoms with Crippen LogP contribution in [0.2, 0.25) is 0 Å². The zero-order valence-electron chi connectivity index (χ0n) is 19.3. The summed E-state index contributed by atoms with van der Waals surface area (Å²) in [6, 6.07) is 0. The number of rotatable bonds is 0. The van der Waals surface area contributed by atoms with Gasteiger partial charge in [-0.25, -0.2) is 0 Å². The van der Waals surface area contributed by atoms with Crippen LogP contribution in [0.15, 0.2) is 47.2 Å². The second-order valence-corrected chi connectivity index (χ2v) is 10.6. The van der Waals surface area contributed by atoms with E-state index in [2.05, 4.69) is 39.0 Å². The van der Waals surface area contributed by atoms with Gasteiger partial charge in [0.15, 0.2) is 5.78 Å². The van der Waals surface area contributed by atoms with Gasteiger partial charge in [0.05, 0.1) is 11.7 Å². The van der Waals surface area contributed by atoms with E-state index < -0.39 is 23.8 Å². The lowest BCUT2D eigenvalue weighted by atomic mass is 9.57. The lowest BCUT2D eigenvalue weighted by Crippen LogP contribution is -2.46. The van der Waals surface area contributed by atoms with Gasteiger partial charge in [-0.2, -0.15) is 0 Å². The van der Waals surface area contributed by atoms with Gasteiger partial charge in [0.1, 0.15) is 22.8 Å². The van der Waals surface area contributed by atoms with E-state index in [0.29, 0.717) is 0 Å². The number of carbonyl (C=O) groups excluding carboxylic acids is 2. The van der Waals surface area contributed by atoms with Crippen molar-refractivity contribution < 1.29 is 24.2 Å². The molecule has 1 saturated heterocycles. The van der Waals surface area contributed by atoms with Crippen LogP contribution in [0.25, 0.3) is 0 Å². The fraction of sp³-hybridized carbons (Fsp3) is 0.615. The molecule has 0 aromatic heterocycles. The van der Waals surface area contributed by atoms with Crippen molar-refractivity contribution in [3.8, 4) is 0 Å². The van der Waals surface area contributed by atoms with Gasteiger partial charge in [-0.3, -0.25) is 9.59 Å². The smallest absolute Gasteiger partial charge is 0.317 e. The molecular formula is C26H33ClO5. The maximum atomic E-state index is 13.0. The molecule has 0 spiro atoms. The van der Waals surface area contributed by atoms with Gasteiger partial charge in [-0.15, -0.1) is 0 Å². The largest absolute Gasteiger partial charge is 0.510 e. The molecule has 4 aliphatic rings. The molecule has 0 bridgehead atoms. The Morgan fingerprint density at radius 3 is 2.47 bits per heavy atom. The van der Waals surface area contributed by atoms with E-state index >= 15 is 0 Å². The fourth-order valence-electron chi connectivity index (χ4n) is 6.07. The first-order valence-corrected chi connectivity index (χ1v) is 12.0. The zero-order chi connectivity index (χ0) is 23.4. The number of ether oxygens (including phenoxy) is 2. The van der Waals surface area contributed by atoms with Gasteiger partial charge >= 0.3 is 5.97 Å². The quantitative estimate of drug-likeness (QED) is 0.235. The highest BCUT2D eigenvalue weighted by Gasteiger charge is 2.64. The first kappa shape index (κ1) is 23.3. The summed E-state index contributed by atoms with van der Waals surface area (Å²) >= 11 is 6.49. The Hall–Kier alpha value is -1.85. The molecule has 32 heavy (non-hydrogen) atoms.